The van der Waals surface area contributed by atoms with Crippen LogP contribution in [0.2, 0.25) is 0 Å². The van der Waals surface area contributed by atoms with Crippen LogP contribution < -0.4 is 10.2 Å². The molecule has 1 N–H and O–H groups in total. The zero-order valence-corrected chi connectivity index (χ0v) is 14.8. The Morgan fingerprint density at radius 1 is 1.29 bits per heavy atom. The Bertz CT molecular complexity index is 635. The number of nitrogens with one attached hydrogen (secondary N) is 1. The van der Waals surface area contributed by atoms with Gasteiger partial charge in [0.05, 0.1) is 11.9 Å². The minimum atomic E-state index is 0.0698. The second-order valence-corrected chi connectivity index (χ2v) is 6.19. The molecule has 1 aliphatic rings. The highest BCUT2D eigenvalue weighted by Crippen LogP contribution is 2.33. The summed E-state index contributed by atoms with van der Waals surface area (Å²) >= 11 is 0. The van der Waals surface area contributed by atoms with Gasteiger partial charge in [-0.05, 0) is 32.4 Å². The smallest absolute Gasteiger partial charge is 0.138 e. The van der Waals surface area contributed by atoms with E-state index in [0.717, 1.165) is 50.0 Å². The fourth-order valence-electron chi connectivity index (χ4n) is 3.25. The highest BCUT2D eigenvalue weighted by molar-refractivity contribution is 5.48. The zero-order valence-electron chi connectivity index (χ0n) is 14.8. The highest BCUT2D eigenvalue weighted by atomic mass is 16.5. The summed E-state index contributed by atoms with van der Waals surface area (Å²) in [5, 5.41) is 3.50. The van der Waals surface area contributed by atoms with Crippen molar-refractivity contribution in [3.63, 3.8) is 0 Å². The van der Waals surface area contributed by atoms with Gasteiger partial charge in [-0.1, -0.05) is 0 Å². The van der Waals surface area contributed by atoms with Crippen molar-refractivity contribution < 1.29 is 4.74 Å². The first kappa shape index (κ1) is 16.8. The molecule has 0 bridgehead atoms. The van der Waals surface area contributed by atoms with E-state index in [0.29, 0.717) is 5.92 Å². The van der Waals surface area contributed by atoms with Crippen LogP contribution in [-0.2, 0) is 11.8 Å². The lowest BCUT2D eigenvalue weighted by molar-refractivity contribution is 0.0839. The Morgan fingerprint density at radius 2 is 2.12 bits per heavy atom. The second kappa shape index (κ2) is 7.66. The van der Waals surface area contributed by atoms with Gasteiger partial charge in [-0.15, -0.1) is 0 Å². The number of anilines is 2. The molecule has 0 aromatic carbocycles. The number of rotatable bonds is 7. The van der Waals surface area contributed by atoms with Crippen molar-refractivity contribution in [2.45, 2.75) is 26.4 Å². The molecule has 2 aromatic rings. The lowest BCUT2D eigenvalue weighted by Gasteiger charge is -2.21. The molecule has 3 rings (SSSR count). The summed E-state index contributed by atoms with van der Waals surface area (Å²) in [5.41, 5.74) is 1.05. The summed E-state index contributed by atoms with van der Waals surface area (Å²) in [6.45, 7) is 7.90. The maximum Gasteiger partial charge on any atom is 0.138 e. The van der Waals surface area contributed by atoms with Gasteiger partial charge in [0.15, 0.2) is 0 Å². The molecule has 3 heterocycles. The molecule has 6 nitrogen and oxygen atoms in total. The number of hydrogen-bond donors (Lipinski definition) is 1. The Morgan fingerprint density at radius 3 is 2.75 bits per heavy atom. The zero-order chi connectivity index (χ0) is 16.9. The van der Waals surface area contributed by atoms with Crippen molar-refractivity contribution in [3.8, 4) is 0 Å². The Hall–Kier alpha value is -2.08. The van der Waals surface area contributed by atoms with E-state index in [9.17, 15) is 0 Å². The molecule has 2 aromatic heterocycles. The average molecular weight is 329 g/mol. The highest BCUT2D eigenvalue weighted by Gasteiger charge is 2.32. The number of aromatic nitrogens is 3. The van der Waals surface area contributed by atoms with E-state index in [1.165, 1.54) is 0 Å². The van der Waals surface area contributed by atoms with E-state index in [-0.39, 0.29) is 6.10 Å². The molecule has 6 heteroatoms. The minimum Gasteiger partial charge on any atom is -0.383 e. The van der Waals surface area contributed by atoms with Crippen molar-refractivity contribution in [1.82, 2.24) is 14.5 Å². The number of aryl methyl sites for hydroxylation is 1. The van der Waals surface area contributed by atoms with Crippen molar-refractivity contribution in [1.29, 1.82) is 0 Å². The van der Waals surface area contributed by atoms with Gasteiger partial charge in [0.2, 0.25) is 0 Å². The normalized spacial score (nSPS) is 20.3. The molecule has 130 valence electrons. The van der Waals surface area contributed by atoms with Crippen LogP contribution in [-0.4, -0.2) is 40.8 Å². The van der Waals surface area contributed by atoms with E-state index in [2.05, 4.69) is 46.2 Å². The molecule has 1 saturated heterocycles. The summed E-state index contributed by atoms with van der Waals surface area (Å²) in [6, 6.07) is 4.18. The Balaban J connectivity index is 1.60. The topological polar surface area (TPSA) is 55.2 Å². The van der Waals surface area contributed by atoms with E-state index < -0.39 is 0 Å². The molecule has 0 unspecified atom stereocenters. The van der Waals surface area contributed by atoms with E-state index in [4.69, 9.17) is 4.74 Å². The van der Waals surface area contributed by atoms with Crippen LogP contribution >= 0.6 is 0 Å². The molecule has 0 amide bonds. The standard InChI is InChI=1S/C18H27N5O/c1-4-23(5-2)16-7-6-15(13-21-16)20-12-14-8-11-24-17(14)18-19-9-10-22(18)3/h6-7,9-10,13-14,17,20H,4-5,8,11-12H2,1-3H3/t14-,17+/m0/s1. The Labute approximate surface area is 143 Å². The number of hydrogen-bond acceptors (Lipinski definition) is 5. The first-order chi connectivity index (χ1) is 11.7. The monoisotopic (exact) mass is 329 g/mol. The summed E-state index contributed by atoms with van der Waals surface area (Å²) in [7, 11) is 2.02. The number of pyridine rings is 1. The molecule has 0 aliphatic carbocycles. The summed E-state index contributed by atoms with van der Waals surface area (Å²) in [5.74, 6) is 2.46. The molecule has 2 atom stereocenters. The van der Waals surface area contributed by atoms with Crippen molar-refractivity contribution in [2.75, 3.05) is 36.5 Å². The van der Waals surface area contributed by atoms with Gasteiger partial charge in [-0.2, -0.15) is 0 Å². The molecule has 0 radical (unpaired) electrons. The second-order valence-electron chi connectivity index (χ2n) is 6.19. The third kappa shape index (κ3) is 3.53. The fraction of sp³-hybridized carbons (Fsp3) is 0.556. The minimum absolute atomic E-state index is 0.0698. The summed E-state index contributed by atoms with van der Waals surface area (Å²) in [6.07, 6.45) is 6.84. The molecular weight excluding hydrogens is 302 g/mol. The molecule has 24 heavy (non-hydrogen) atoms. The van der Waals surface area contributed by atoms with Crippen LogP contribution in [0.25, 0.3) is 0 Å². The first-order valence-corrected chi connectivity index (χ1v) is 8.76. The molecule has 1 fully saturated rings. The summed E-state index contributed by atoms with van der Waals surface area (Å²) in [4.78, 5) is 11.3. The van der Waals surface area contributed by atoms with Crippen LogP contribution in [0.1, 0.15) is 32.2 Å². The molecule has 0 spiro atoms. The summed E-state index contributed by atoms with van der Waals surface area (Å²) < 4.78 is 7.96. The molecular formula is C18H27N5O. The van der Waals surface area contributed by atoms with Gasteiger partial charge >= 0.3 is 0 Å². The molecule has 0 saturated carbocycles. The van der Waals surface area contributed by atoms with Gasteiger partial charge < -0.3 is 19.5 Å². The van der Waals surface area contributed by atoms with Crippen LogP contribution in [0.15, 0.2) is 30.7 Å². The first-order valence-electron chi connectivity index (χ1n) is 8.76. The fourth-order valence-corrected chi connectivity index (χ4v) is 3.25. The van der Waals surface area contributed by atoms with Crippen LogP contribution in [0.4, 0.5) is 11.5 Å². The van der Waals surface area contributed by atoms with Crippen molar-refractivity contribution in [3.05, 3.63) is 36.5 Å². The lowest BCUT2D eigenvalue weighted by atomic mass is 10.0. The Kier molecular flexibility index (Phi) is 5.35. The van der Waals surface area contributed by atoms with Crippen LogP contribution in [0.3, 0.4) is 0 Å². The van der Waals surface area contributed by atoms with Gasteiger partial charge in [0.1, 0.15) is 17.7 Å². The van der Waals surface area contributed by atoms with Gasteiger partial charge in [-0.25, -0.2) is 9.97 Å². The lowest BCUT2D eigenvalue weighted by Crippen LogP contribution is -2.23. The van der Waals surface area contributed by atoms with Gasteiger partial charge in [0, 0.05) is 51.6 Å². The van der Waals surface area contributed by atoms with Crippen LogP contribution in [0.5, 0.6) is 0 Å². The maximum atomic E-state index is 5.91. The number of ether oxygens (including phenoxy) is 1. The predicted octanol–water partition coefficient (Wildman–Crippen LogP) is 2.85. The van der Waals surface area contributed by atoms with E-state index >= 15 is 0 Å². The number of imidazole rings is 1. The number of nitrogens with zero attached hydrogens (tertiary/aromatic N) is 4. The largest absolute Gasteiger partial charge is 0.383 e. The van der Waals surface area contributed by atoms with Crippen LogP contribution in [0, 0.1) is 5.92 Å². The quantitative estimate of drug-likeness (QED) is 0.846. The van der Waals surface area contributed by atoms with E-state index in [1.807, 2.05) is 30.2 Å². The predicted molar refractivity (Wildman–Crippen MR) is 96.3 cm³/mol. The van der Waals surface area contributed by atoms with Crippen molar-refractivity contribution >= 4 is 11.5 Å². The van der Waals surface area contributed by atoms with Gasteiger partial charge in [0.25, 0.3) is 0 Å². The SMILES string of the molecule is CCN(CC)c1ccc(NC[C@@H]2CCO[C@H]2c2nccn2C)cn1. The molecule has 1 aliphatic heterocycles. The maximum absolute atomic E-state index is 5.91. The third-order valence-electron chi connectivity index (χ3n) is 4.73. The van der Waals surface area contributed by atoms with Gasteiger partial charge in [-0.3, -0.25) is 0 Å². The third-order valence-corrected chi connectivity index (χ3v) is 4.73. The average Bonchev–Trinajstić information content (AvgIpc) is 3.23. The van der Waals surface area contributed by atoms with Crippen molar-refractivity contribution in [2.24, 2.45) is 13.0 Å². The van der Waals surface area contributed by atoms with E-state index in [1.54, 1.807) is 0 Å².